The Morgan fingerprint density at radius 2 is 1.62 bits per heavy atom. The molecule has 124 valence electrons. The van der Waals surface area contributed by atoms with Crippen LogP contribution in [0.1, 0.15) is 11.3 Å². The van der Waals surface area contributed by atoms with Gasteiger partial charge in [-0.25, -0.2) is 0 Å². The lowest BCUT2D eigenvalue weighted by atomic mass is 10.0. The van der Waals surface area contributed by atoms with Crippen molar-refractivity contribution < 1.29 is 0 Å². The molecule has 0 unspecified atom stereocenters. The summed E-state index contributed by atoms with van der Waals surface area (Å²) in [7, 11) is 0. The fraction of sp³-hybridized carbons (Fsp3) is 0.333. The molecule has 0 atom stereocenters. The number of rotatable bonds is 4. The summed E-state index contributed by atoms with van der Waals surface area (Å²) in [6.07, 6.45) is 0. The fourth-order valence-corrected chi connectivity index (χ4v) is 3.89. The minimum absolute atomic E-state index is 0.716. The zero-order valence-corrected chi connectivity index (χ0v) is 14.9. The van der Waals surface area contributed by atoms with E-state index in [1.165, 1.54) is 27.9 Å². The molecule has 1 fully saturated rings. The van der Waals surface area contributed by atoms with E-state index < -0.39 is 0 Å². The van der Waals surface area contributed by atoms with Gasteiger partial charge in [0.2, 0.25) is 0 Å². The van der Waals surface area contributed by atoms with Gasteiger partial charge in [-0.3, -0.25) is 9.80 Å². The SMILES string of the molecule is Clc1snnc1CN1CCN(Cc2cccc3ccccc23)CC1. The van der Waals surface area contributed by atoms with Gasteiger partial charge in [0, 0.05) is 50.8 Å². The van der Waals surface area contributed by atoms with Gasteiger partial charge in [-0.2, -0.15) is 0 Å². The van der Waals surface area contributed by atoms with Gasteiger partial charge >= 0.3 is 0 Å². The molecule has 1 aliphatic rings. The summed E-state index contributed by atoms with van der Waals surface area (Å²) in [5.41, 5.74) is 2.32. The Morgan fingerprint density at radius 1 is 0.917 bits per heavy atom. The number of hydrogen-bond donors (Lipinski definition) is 0. The molecule has 2 heterocycles. The first-order valence-corrected chi connectivity index (χ1v) is 9.33. The quantitative estimate of drug-likeness (QED) is 0.712. The summed E-state index contributed by atoms with van der Waals surface area (Å²) in [4.78, 5) is 4.93. The van der Waals surface area contributed by atoms with Gasteiger partial charge in [0.15, 0.2) is 0 Å². The standard InChI is InChI=1S/C18H19ClN4S/c19-18-17(20-21-24-18)13-23-10-8-22(9-11-23)12-15-6-3-5-14-4-1-2-7-16(14)15/h1-7H,8-13H2. The number of aromatic nitrogens is 2. The fourth-order valence-electron chi connectivity index (χ4n) is 3.28. The Morgan fingerprint density at radius 3 is 2.38 bits per heavy atom. The summed E-state index contributed by atoms with van der Waals surface area (Å²) in [6.45, 7) is 6.03. The molecule has 1 saturated heterocycles. The van der Waals surface area contributed by atoms with E-state index >= 15 is 0 Å². The maximum atomic E-state index is 6.11. The molecule has 1 aromatic heterocycles. The maximum Gasteiger partial charge on any atom is 0.138 e. The van der Waals surface area contributed by atoms with Crippen LogP contribution in [-0.2, 0) is 13.1 Å². The van der Waals surface area contributed by atoms with E-state index in [2.05, 4.69) is 61.9 Å². The first-order chi connectivity index (χ1) is 11.8. The Kier molecular flexibility index (Phi) is 4.76. The van der Waals surface area contributed by atoms with Crippen molar-refractivity contribution in [2.45, 2.75) is 13.1 Å². The van der Waals surface area contributed by atoms with Crippen molar-refractivity contribution in [3.63, 3.8) is 0 Å². The lowest BCUT2D eigenvalue weighted by Crippen LogP contribution is -2.45. The highest BCUT2D eigenvalue weighted by molar-refractivity contribution is 7.10. The molecule has 0 spiro atoms. The van der Waals surface area contributed by atoms with E-state index in [1.54, 1.807) is 0 Å². The highest BCUT2D eigenvalue weighted by Crippen LogP contribution is 2.22. The van der Waals surface area contributed by atoms with Crippen LogP contribution in [0.4, 0.5) is 0 Å². The third-order valence-electron chi connectivity index (χ3n) is 4.62. The molecule has 0 radical (unpaired) electrons. The van der Waals surface area contributed by atoms with Crippen molar-refractivity contribution in [1.82, 2.24) is 19.4 Å². The van der Waals surface area contributed by atoms with Gasteiger partial charge in [-0.05, 0) is 16.3 Å². The Hall–Kier alpha value is -1.53. The number of benzene rings is 2. The predicted octanol–water partition coefficient (Wildman–Crippen LogP) is 3.66. The van der Waals surface area contributed by atoms with Gasteiger partial charge < -0.3 is 0 Å². The molecule has 2 aromatic carbocycles. The second-order valence-corrected chi connectivity index (χ2v) is 7.54. The summed E-state index contributed by atoms with van der Waals surface area (Å²) < 4.78 is 4.63. The molecule has 0 amide bonds. The van der Waals surface area contributed by atoms with E-state index in [9.17, 15) is 0 Å². The highest BCUT2D eigenvalue weighted by Gasteiger charge is 2.19. The Bertz CT molecular complexity index is 821. The van der Waals surface area contributed by atoms with Crippen molar-refractivity contribution in [1.29, 1.82) is 0 Å². The van der Waals surface area contributed by atoms with Crippen LogP contribution in [0.15, 0.2) is 42.5 Å². The second-order valence-electron chi connectivity index (χ2n) is 6.18. The molecule has 0 N–H and O–H groups in total. The van der Waals surface area contributed by atoms with Crippen LogP contribution in [0, 0.1) is 0 Å². The minimum atomic E-state index is 0.716. The molecule has 0 saturated carbocycles. The van der Waals surface area contributed by atoms with E-state index in [1.807, 2.05) is 0 Å². The molecule has 1 aliphatic heterocycles. The number of fused-ring (bicyclic) bond motifs is 1. The summed E-state index contributed by atoms with van der Waals surface area (Å²) >= 11 is 7.37. The van der Waals surface area contributed by atoms with Crippen LogP contribution in [0.2, 0.25) is 4.34 Å². The van der Waals surface area contributed by atoms with Crippen molar-refractivity contribution in [3.8, 4) is 0 Å². The van der Waals surface area contributed by atoms with Crippen molar-refractivity contribution in [2.75, 3.05) is 26.2 Å². The van der Waals surface area contributed by atoms with E-state index in [0.29, 0.717) is 4.34 Å². The first kappa shape index (κ1) is 16.0. The summed E-state index contributed by atoms with van der Waals surface area (Å²) in [5, 5.41) is 6.79. The van der Waals surface area contributed by atoms with E-state index in [0.717, 1.165) is 45.0 Å². The monoisotopic (exact) mass is 358 g/mol. The lowest BCUT2D eigenvalue weighted by Gasteiger charge is -2.34. The third-order valence-corrected chi connectivity index (χ3v) is 5.61. The maximum absolute atomic E-state index is 6.11. The van der Waals surface area contributed by atoms with Crippen LogP contribution < -0.4 is 0 Å². The van der Waals surface area contributed by atoms with Crippen LogP contribution in [0.5, 0.6) is 0 Å². The van der Waals surface area contributed by atoms with Crippen molar-refractivity contribution >= 4 is 33.9 Å². The van der Waals surface area contributed by atoms with Gasteiger partial charge in [-0.15, -0.1) is 5.10 Å². The topological polar surface area (TPSA) is 32.3 Å². The molecule has 24 heavy (non-hydrogen) atoms. The normalized spacial score (nSPS) is 16.7. The average Bonchev–Trinajstić information content (AvgIpc) is 3.02. The molecule has 4 nitrogen and oxygen atoms in total. The molecule has 3 aromatic rings. The molecule has 6 heteroatoms. The van der Waals surface area contributed by atoms with Crippen molar-refractivity contribution in [3.05, 3.63) is 58.1 Å². The largest absolute Gasteiger partial charge is 0.297 e. The second kappa shape index (κ2) is 7.15. The van der Waals surface area contributed by atoms with Crippen LogP contribution >= 0.6 is 23.1 Å². The van der Waals surface area contributed by atoms with Crippen LogP contribution in [0.3, 0.4) is 0 Å². The molecular weight excluding hydrogens is 340 g/mol. The van der Waals surface area contributed by atoms with E-state index in [-0.39, 0.29) is 0 Å². The average molecular weight is 359 g/mol. The van der Waals surface area contributed by atoms with E-state index in [4.69, 9.17) is 11.6 Å². The number of halogens is 1. The third kappa shape index (κ3) is 3.44. The van der Waals surface area contributed by atoms with Crippen LogP contribution in [-0.4, -0.2) is 45.6 Å². The molecular formula is C18H19ClN4S. The summed E-state index contributed by atoms with van der Waals surface area (Å²) in [6, 6.07) is 15.2. The number of hydrogen-bond acceptors (Lipinski definition) is 5. The Labute approximate surface area is 150 Å². The molecule has 0 bridgehead atoms. The number of nitrogens with zero attached hydrogens (tertiary/aromatic N) is 4. The summed E-state index contributed by atoms with van der Waals surface area (Å²) in [5.74, 6) is 0. The van der Waals surface area contributed by atoms with Crippen LogP contribution in [0.25, 0.3) is 10.8 Å². The molecule has 4 rings (SSSR count). The molecule has 0 aliphatic carbocycles. The van der Waals surface area contributed by atoms with Gasteiger partial charge in [0.25, 0.3) is 0 Å². The first-order valence-electron chi connectivity index (χ1n) is 8.18. The zero-order valence-electron chi connectivity index (χ0n) is 13.4. The smallest absolute Gasteiger partial charge is 0.138 e. The Balaban J connectivity index is 1.38. The number of piperazine rings is 1. The van der Waals surface area contributed by atoms with Gasteiger partial charge in [-0.1, -0.05) is 58.6 Å². The van der Waals surface area contributed by atoms with Gasteiger partial charge in [0.05, 0.1) is 0 Å². The van der Waals surface area contributed by atoms with Gasteiger partial charge in [0.1, 0.15) is 10.0 Å². The highest BCUT2D eigenvalue weighted by atomic mass is 35.5. The minimum Gasteiger partial charge on any atom is -0.297 e. The van der Waals surface area contributed by atoms with Crippen molar-refractivity contribution in [2.24, 2.45) is 0 Å². The predicted molar refractivity (Wildman–Crippen MR) is 99.4 cm³/mol. The zero-order chi connectivity index (χ0) is 16.4. The lowest BCUT2D eigenvalue weighted by molar-refractivity contribution is 0.121.